The van der Waals surface area contributed by atoms with Crippen molar-refractivity contribution < 1.29 is 28.7 Å². The minimum absolute atomic E-state index is 0.162. The zero-order valence-corrected chi connectivity index (χ0v) is 15.1. The molecule has 2 aliphatic heterocycles. The standard InChI is InChI=1S/C17H20N4O6/c1-20-10-17(27-16(20)25)3-5-21(6-4-17)14(23)13(22)19-12-7-11(8-18-9-12)15(24)26-2/h7-9H,3-6,10H2,1-2H3,(H,19,22). The molecule has 0 aliphatic carbocycles. The van der Waals surface area contributed by atoms with Gasteiger partial charge in [0.1, 0.15) is 5.60 Å². The summed E-state index contributed by atoms with van der Waals surface area (Å²) in [5.74, 6) is -2.11. The Labute approximate surface area is 155 Å². The number of aromatic nitrogens is 1. The maximum atomic E-state index is 12.4. The van der Waals surface area contributed by atoms with E-state index in [1.165, 1.54) is 35.4 Å². The van der Waals surface area contributed by atoms with Crippen LogP contribution in [-0.4, -0.2) is 78.1 Å². The first-order valence-corrected chi connectivity index (χ1v) is 8.41. The lowest BCUT2D eigenvalue weighted by atomic mass is 9.91. The van der Waals surface area contributed by atoms with Gasteiger partial charge >= 0.3 is 23.9 Å². The number of ether oxygens (including phenoxy) is 2. The minimum atomic E-state index is -0.824. The molecule has 1 aromatic rings. The molecule has 0 saturated carbocycles. The summed E-state index contributed by atoms with van der Waals surface area (Å²) in [4.78, 5) is 54.5. The van der Waals surface area contributed by atoms with Crippen molar-refractivity contribution in [2.45, 2.75) is 18.4 Å². The highest BCUT2D eigenvalue weighted by Gasteiger charge is 2.46. The third kappa shape index (κ3) is 3.83. The van der Waals surface area contributed by atoms with E-state index < -0.39 is 23.4 Å². The molecular weight excluding hydrogens is 356 g/mol. The van der Waals surface area contributed by atoms with Crippen LogP contribution in [0.25, 0.3) is 0 Å². The van der Waals surface area contributed by atoms with Gasteiger partial charge in [0.15, 0.2) is 0 Å². The van der Waals surface area contributed by atoms with E-state index >= 15 is 0 Å². The Morgan fingerprint density at radius 1 is 1.26 bits per heavy atom. The predicted molar refractivity (Wildman–Crippen MR) is 91.9 cm³/mol. The molecule has 2 saturated heterocycles. The van der Waals surface area contributed by atoms with Crippen LogP contribution in [0.5, 0.6) is 0 Å². The number of likely N-dealkylation sites (N-methyl/N-ethyl adjacent to an activating group) is 1. The van der Waals surface area contributed by atoms with Gasteiger partial charge in [-0.3, -0.25) is 14.6 Å². The fourth-order valence-electron chi connectivity index (χ4n) is 3.24. The van der Waals surface area contributed by atoms with Gasteiger partial charge in [0.25, 0.3) is 0 Å². The van der Waals surface area contributed by atoms with Gasteiger partial charge in [-0.2, -0.15) is 0 Å². The van der Waals surface area contributed by atoms with E-state index in [0.717, 1.165) is 0 Å². The lowest BCUT2D eigenvalue weighted by Gasteiger charge is -2.36. The predicted octanol–water partition coefficient (Wildman–Crippen LogP) is 0.250. The maximum Gasteiger partial charge on any atom is 0.410 e. The topological polar surface area (TPSA) is 118 Å². The van der Waals surface area contributed by atoms with Crippen LogP contribution >= 0.6 is 0 Å². The maximum absolute atomic E-state index is 12.4. The highest BCUT2D eigenvalue weighted by atomic mass is 16.6. The molecule has 0 atom stereocenters. The number of hydrogen-bond donors (Lipinski definition) is 1. The van der Waals surface area contributed by atoms with E-state index in [1.807, 2.05) is 0 Å². The number of piperidine rings is 1. The van der Waals surface area contributed by atoms with Gasteiger partial charge in [-0.05, 0) is 6.07 Å². The van der Waals surface area contributed by atoms with Crippen LogP contribution in [0.15, 0.2) is 18.5 Å². The van der Waals surface area contributed by atoms with Gasteiger partial charge in [0.2, 0.25) is 0 Å². The molecular formula is C17H20N4O6. The molecule has 0 unspecified atom stereocenters. The number of nitrogens with zero attached hydrogens (tertiary/aromatic N) is 3. The van der Waals surface area contributed by atoms with Crippen molar-refractivity contribution in [3.05, 3.63) is 24.0 Å². The minimum Gasteiger partial charge on any atom is -0.465 e. The zero-order valence-electron chi connectivity index (χ0n) is 15.1. The number of rotatable bonds is 2. The van der Waals surface area contributed by atoms with Crippen molar-refractivity contribution in [2.24, 2.45) is 0 Å². The first-order chi connectivity index (χ1) is 12.8. The van der Waals surface area contributed by atoms with Crippen molar-refractivity contribution >= 4 is 29.6 Å². The summed E-state index contributed by atoms with van der Waals surface area (Å²) in [6, 6.07) is 1.38. The number of anilines is 1. The Morgan fingerprint density at radius 2 is 1.96 bits per heavy atom. The van der Waals surface area contributed by atoms with Gasteiger partial charge in [-0.15, -0.1) is 0 Å². The van der Waals surface area contributed by atoms with Crippen LogP contribution in [-0.2, 0) is 19.1 Å². The number of likely N-dealkylation sites (tertiary alicyclic amines) is 1. The molecule has 1 spiro atoms. The normalized spacial score (nSPS) is 18.2. The van der Waals surface area contributed by atoms with Gasteiger partial charge in [0.05, 0.1) is 31.1 Å². The van der Waals surface area contributed by atoms with E-state index in [4.69, 9.17) is 4.74 Å². The molecule has 10 heteroatoms. The second-order valence-electron chi connectivity index (χ2n) is 6.61. The average molecular weight is 376 g/mol. The van der Waals surface area contributed by atoms with Crippen molar-refractivity contribution in [1.29, 1.82) is 0 Å². The number of pyridine rings is 1. The van der Waals surface area contributed by atoms with Gasteiger partial charge in [0, 0.05) is 39.2 Å². The molecule has 3 amide bonds. The van der Waals surface area contributed by atoms with Crippen molar-refractivity contribution in [3.63, 3.8) is 0 Å². The second kappa shape index (κ2) is 7.22. The molecule has 0 aromatic carbocycles. The van der Waals surface area contributed by atoms with Gasteiger partial charge in [-0.25, -0.2) is 9.59 Å². The molecule has 1 N–H and O–H groups in total. The zero-order chi connectivity index (χ0) is 19.6. The first-order valence-electron chi connectivity index (χ1n) is 8.41. The van der Waals surface area contributed by atoms with Gasteiger partial charge < -0.3 is 24.6 Å². The lowest BCUT2D eigenvalue weighted by Crippen LogP contribution is -2.51. The summed E-state index contributed by atoms with van der Waals surface area (Å²) in [5, 5.41) is 2.44. The van der Waals surface area contributed by atoms with Crippen molar-refractivity contribution in [2.75, 3.05) is 39.1 Å². The fourth-order valence-corrected chi connectivity index (χ4v) is 3.24. The Hall–Kier alpha value is -3.17. The molecule has 10 nitrogen and oxygen atoms in total. The molecule has 2 fully saturated rings. The van der Waals surface area contributed by atoms with Crippen LogP contribution in [0, 0.1) is 0 Å². The smallest absolute Gasteiger partial charge is 0.410 e. The third-order valence-electron chi connectivity index (χ3n) is 4.71. The molecule has 3 heterocycles. The Bertz CT molecular complexity index is 787. The highest BCUT2D eigenvalue weighted by Crippen LogP contribution is 2.32. The van der Waals surface area contributed by atoms with E-state index in [1.54, 1.807) is 7.05 Å². The number of methoxy groups -OCH3 is 1. The Kier molecular flexibility index (Phi) is 4.98. The number of hydrogen-bond acceptors (Lipinski definition) is 7. The fraction of sp³-hybridized carbons (Fsp3) is 0.471. The summed E-state index contributed by atoms with van der Waals surface area (Å²) >= 11 is 0. The monoisotopic (exact) mass is 376 g/mol. The van der Waals surface area contributed by atoms with E-state index in [0.29, 0.717) is 32.5 Å². The second-order valence-corrected chi connectivity index (χ2v) is 6.61. The van der Waals surface area contributed by atoms with Crippen LogP contribution in [0.3, 0.4) is 0 Å². The number of carbonyl (C=O) groups is 4. The first kappa shape index (κ1) is 18.6. The van der Waals surface area contributed by atoms with Crippen LogP contribution in [0.2, 0.25) is 0 Å². The summed E-state index contributed by atoms with van der Waals surface area (Å²) in [7, 11) is 2.90. The summed E-state index contributed by atoms with van der Waals surface area (Å²) in [6.07, 6.45) is 3.21. The van der Waals surface area contributed by atoms with E-state index in [2.05, 4.69) is 15.0 Å². The van der Waals surface area contributed by atoms with E-state index in [-0.39, 0.29) is 17.3 Å². The lowest BCUT2D eigenvalue weighted by molar-refractivity contribution is -0.145. The van der Waals surface area contributed by atoms with E-state index in [9.17, 15) is 19.2 Å². The van der Waals surface area contributed by atoms with Crippen LogP contribution in [0.4, 0.5) is 10.5 Å². The molecule has 2 aliphatic rings. The quantitative estimate of drug-likeness (QED) is 0.580. The Morgan fingerprint density at radius 3 is 2.56 bits per heavy atom. The molecule has 27 heavy (non-hydrogen) atoms. The SMILES string of the molecule is COC(=O)c1cncc(NC(=O)C(=O)N2CCC3(CC2)CN(C)C(=O)O3)c1. The number of nitrogens with one attached hydrogen (secondary N) is 1. The largest absolute Gasteiger partial charge is 0.465 e. The number of esters is 1. The molecule has 0 bridgehead atoms. The Balaban J connectivity index is 1.58. The third-order valence-corrected chi connectivity index (χ3v) is 4.71. The summed E-state index contributed by atoms with van der Waals surface area (Å²) in [5.41, 5.74) is -0.205. The number of carbonyl (C=O) groups excluding carboxylic acids is 4. The van der Waals surface area contributed by atoms with Crippen molar-refractivity contribution in [1.82, 2.24) is 14.8 Å². The average Bonchev–Trinajstić information content (AvgIpc) is 2.94. The van der Waals surface area contributed by atoms with Crippen LogP contribution < -0.4 is 5.32 Å². The molecule has 1 aromatic heterocycles. The number of amides is 3. The van der Waals surface area contributed by atoms with Crippen LogP contribution in [0.1, 0.15) is 23.2 Å². The highest BCUT2D eigenvalue weighted by molar-refractivity contribution is 6.39. The molecule has 0 radical (unpaired) electrons. The summed E-state index contributed by atoms with van der Waals surface area (Å²) < 4.78 is 10.0. The molecule has 144 valence electrons. The summed E-state index contributed by atoms with van der Waals surface area (Å²) in [6.45, 7) is 1.10. The van der Waals surface area contributed by atoms with Gasteiger partial charge in [-0.1, -0.05) is 0 Å². The van der Waals surface area contributed by atoms with Crippen molar-refractivity contribution in [3.8, 4) is 0 Å². The molecule has 3 rings (SSSR count).